The Hall–Kier alpha value is -0.970. The highest BCUT2D eigenvalue weighted by Gasteiger charge is 2.19. The SMILES string of the molecule is C[C@@H](C=CC(C)(C)S(N)=O)OCc1ccccc1. The van der Waals surface area contributed by atoms with Crippen molar-refractivity contribution < 1.29 is 8.95 Å². The summed E-state index contributed by atoms with van der Waals surface area (Å²) in [6, 6.07) is 10.00. The molecule has 18 heavy (non-hydrogen) atoms. The smallest absolute Gasteiger partial charge is 0.0984 e. The number of hydrogen-bond acceptors (Lipinski definition) is 2. The summed E-state index contributed by atoms with van der Waals surface area (Å²) in [4.78, 5) is 0. The molecule has 100 valence electrons. The maximum atomic E-state index is 11.3. The second-order valence-corrected chi connectivity index (χ2v) is 6.41. The molecule has 0 amide bonds. The molecule has 0 aliphatic heterocycles. The largest absolute Gasteiger partial charge is 0.370 e. The van der Waals surface area contributed by atoms with Crippen LogP contribution in [0.15, 0.2) is 42.5 Å². The van der Waals surface area contributed by atoms with E-state index in [4.69, 9.17) is 9.88 Å². The van der Waals surface area contributed by atoms with Crippen LogP contribution in [0.5, 0.6) is 0 Å². The number of hydrogen-bond donors (Lipinski definition) is 1. The lowest BCUT2D eigenvalue weighted by molar-refractivity contribution is 0.0838. The highest BCUT2D eigenvalue weighted by Crippen LogP contribution is 2.12. The summed E-state index contributed by atoms with van der Waals surface area (Å²) in [5, 5.41) is 5.40. The van der Waals surface area contributed by atoms with Crippen LogP contribution in [0.25, 0.3) is 0 Å². The van der Waals surface area contributed by atoms with E-state index in [9.17, 15) is 4.21 Å². The van der Waals surface area contributed by atoms with Crippen molar-refractivity contribution in [2.45, 2.75) is 38.2 Å². The summed E-state index contributed by atoms with van der Waals surface area (Å²) in [5.74, 6) is 0. The van der Waals surface area contributed by atoms with Gasteiger partial charge in [0.2, 0.25) is 0 Å². The first kappa shape index (κ1) is 15.1. The van der Waals surface area contributed by atoms with Gasteiger partial charge in [0, 0.05) is 0 Å². The first-order valence-electron chi connectivity index (χ1n) is 5.93. The zero-order valence-corrected chi connectivity index (χ0v) is 11.9. The van der Waals surface area contributed by atoms with Gasteiger partial charge in [0.25, 0.3) is 0 Å². The first-order chi connectivity index (χ1) is 8.42. The molecule has 0 fully saturated rings. The molecule has 0 heterocycles. The van der Waals surface area contributed by atoms with Crippen LogP contribution >= 0.6 is 0 Å². The molecule has 2 N–H and O–H groups in total. The van der Waals surface area contributed by atoms with Gasteiger partial charge in [-0.1, -0.05) is 42.5 Å². The van der Waals surface area contributed by atoms with Crippen molar-refractivity contribution in [2.75, 3.05) is 0 Å². The average Bonchev–Trinajstić information content (AvgIpc) is 2.35. The maximum absolute atomic E-state index is 11.3. The molecule has 0 radical (unpaired) electrons. The van der Waals surface area contributed by atoms with E-state index >= 15 is 0 Å². The molecular formula is C14H21NO2S. The number of nitrogens with two attached hydrogens (primary N) is 1. The molecule has 0 aliphatic rings. The molecule has 0 aliphatic carbocycles. The minimum absolute atomic E-state index is 0.0342. The number of benzene rings is 1. The third-order valence-corrected chi connectivity index (χ3v) is 3.82. The van der Waals surface area contributed by atoms with Crippen molar-refractivity contribution in [2.24, 2.45) is 5.14 Å². The van der Waals surface area contributed by atoms with Gasteiger partial charge in [0.15, 0.2) is 0 Å². The Labute approximate surface area is 112 Å². The molecule has 1 rings (SSSR count). The van der Waals surface area contributed by atoms with Crippen LogP contribution in [-0.4, -0.2) is 15.1 Å². The fraction of sp³-hybridized carbons (Fsp3) is 0.429. The third kappa shape index (κ3) is 5.12. The Morgan fingerprint density at radius 1 is 1.39 bits per heavy atom. The first-order valence-corrected chi connectivity index (χ1v) is 7.14. The molecular weight excluding hydrogens is 246 g/mol. The Morgan fingerprint density at radius 2 is 2.00 bits per heavy atom. The summed E-state index contributed by atoms with van der Waals surface area (Å²) in [7, 11) is -1.37. The molecule has 0 saturated carbocycles. The van der Waals surface area contributed by atoms with Crippen molar-refractivity contribution in [3.8, 4) is 0 Å². The summed E-state index contributed by atoms with van der Waals surface area (Å²) >= 11 is 0. The van der Waals surface area contributed by atoms with Gasteiger partial charge in [-0.2, -0.15) is 0 Å². The van der Waals surface area contributed by atoms with Gasteiger partial charge in [-0.05, 0) is 26.3 Å². The summed E-state index contributed by atoms with van der Waals surface area (Å²) in [6.45, 7) is 6.19. The second kappa shape index (κ2) is 6.83. The van der Waals surface area contributed by atoms with Crippen molar-refractivity contribution in [1.29, 1.82) is 0 Å². The molecule has 0 spiro atoms. The highest BCUT2D eigenvalue weighted by molar-refractivity contribution is 7.84. The van der Waals surface area contributed by atoms with Gasteiger partial charge in [0.05, 0.1) is 28.4 Å². The predicted octanol–water partition coefficient (Wildman–Crippen LogP) is 2.55. The Morgan fingerprint density at radius 3 is 2.56 bits per heavy atom. The van der Waals surface area contributed by atoms with Crippen molar-refractivity contribution in [3.05, 3.63) is 48.0 Å². The lowest BCUT2D eigenvalue weighted by atomic mass is 10.1. The fourth-order valence-corrected chi connectivity index (χ4v) is 1.50. The van der Waals surface area contributed by atoms with Crippen LogP contribution in [0, 0.1) is 0 Å². The van der Waals surface area contributed by atoms with E-state index in [0.717, 1.165) is 5.56 Å². The Bertz CT molecular complexity index is 415. The monoisotopic (exact) mass is 267 g/mol. The zero-order valence-electron chi connectivity index (χ0n) is 11.1. The summed E-state index contributed by atoms with van der Waals surface area (Å²) < 4.78 is 16.4. The van der Waals surface area contributed by atoms with Crippen LogP contribution < -0.4 is 5.14 Å². The molecule has 1 aromatic carbocycles. The highest BCUT2D eigenvalue weighted by atomic mass is 32.2. The Kier molecular flexibility index (Phi) is 5.72. The van der Waals surface area contributed by atoms with E-state index in [1.807, 2.05) is 63.3 Å². The zero-order chi connectivity index (χ0) is 13.6. The number of rotatable bonds is 6. The molecule has 0 saturated heterocycles. The molecule has 0 aromatic heterocycles. The minimum atomic E-state index is -1.37. The fourth-order valence-electron chi connectivity index (χ4n) is 1.29. The third-order valence-electron chi connectivity index (χ3n) is 2.64. The maximum Gasteiger partial charge on any atom is 0.0984 e. The molecule has 1 aromatic rings. The standard InChI is InChI=1S/C14H21NO2S/c1-12(9-10-14(2,3)18(15)16)17-11-13-7-5-4-6-8-13/h4-10,12H,11,15H2,1-3H3/t12-,18?/m0/s1. The van der Waals surface area contributed by atoms with E-state index in [2.05, 4.69) is 0 Å². The van der Waals surface area contributed by atoms with E-state index in [-0.39, 0.29) is 6.10 Å². The van der Waals surface area contributed by atoms with Crippen LogP contribution in [0.1, 0.15) is 26.3 Å². The molecule has 1 unspecified atom stereocenters. The van der Waals surface area contributed by atoms with Crippen LogP contribution in [-0.2, 0) is 22.3 Å². The molecule has 0 bridgehead atoms. The lowest BCUT2D eigenvalue weighted by Crippen LogP contribution is -2.29. The van der Waals surface area contributed by atoms with Crippen molar-refractivity contribution in [1.82, 2.24) is 0 Å². The van der Waals surface area contributed by atoms with E-state index < -0.39 is 15.7 Å². The van der Waals surface area contributed by atoms with E-state index in [0.29, 0.717) is 6.61 Å². The molecule has 4 heteroatoms. The lowest BCUT2D eigenvalue weighted by Gasteiger charge is -2.17. The molecule has 2 atom stereocenters. The average molecular weight is 267 g/mol. The second-order valence-electron chi connectivity index (χ2n) is 4.76. The van der Waals surface area contributed by atoms with Gasteiger partial charge in [-0.3, -0.25) is 5.14 Å². The van der Waals surface area contributed by atoms with Gasteiger partial charge in [0.1, 0.15) is 0 Å². The summed E-state index contributed by atoms with van der Waals surface area (Å²) in [6.07, 6.45) is 3.71. The predicted molar refractivity (Wildman–Crippen MR) is 76.2 cm³/mol. The normalized spacial score (nSPS) is 15.8. The quantitative estimate of drug-likeness (QED) is 0.805. The van der Waals surface area contributed by atoms with E-state index in [1.54, 1.807) is 0 Å². The summed E-state index contributed by atoms with van der Waals surface area (Å²) in [5.41, 5.74) is 1.14. The van der Waals surface area contributed by atoms with Gasteiger partial charge in [-0.25, -0.2) is 4.21 Å². The van der Waals surface area contributed by atoms with Gasteiger partial charge in [-0.15, -0.1) is 0 Å². The van der Waals surface area contributed by atoms with Crippen molar-refractivity contribution in [3.63, 3.8) is 0 Å². The van der Waals surface area contributed by atoms with E-state index in [1.165, 1.54) is 0 Å². The molecule has 3 nitrogen and oxygen atoms in total. The van der Waals surface area contributed by atoms with Crippen LogP contribution in [0.2, 0.25) is 0 Å². The van der Waals surface area contributed by atoms with Crippen LogP contribution in [0.4, 0.5) is 0 Å². The minimum Gasteiger partial charge on any atom is -0.370 e. The topological polar surface area (TPSA) is 52.3 Å². The van der Waals surface area contributed by atoms with Gasteiger partial charge < -0.3 is 4.74 Å². The van der Waals surface area contributed by atoms with Crippen LogP contribution in [0.3, 0.4) is 0 Å². The van der Waals surface area contributed by atoms with Gasteiger partial charge >= 0.3 is 0 Å². The Balaban J connectivity index is 2.45. The van der Waals surface area contributed by atoms with Crippen molar-refractivity contribution >= 4 is 11.0 Å². The number of ether oxygens (including phenoxy) is 1.